The maximum absolute atomic E-state index is 12.1. The molecule has 0 radical (unpaired) electrons. The molecule has 1 aromatic heterocycles. The second-order valence-electron chi connectivity index (χ2n) is 4.04. The Balaban J connectivity index is 2.27. The minimum Gasteiger partial charge on any atom is -0.398 e. The zero-order chi connectivity index (χ0) is 14.0. The molecule has 0 unspecified atom stereocenters. The Kier molecular flexibility index (Phi) is 3.79. The van der Waals surface area contributed by atoms with Crippen LogP contribution in [0.2, 0.25) is 5.02 Å². The molecule has 1 heterocycles. The van der Waals surface area contributed by atoms with Crippen LogP contribution in [0.25, 0.3) is 0 Å². The maximum Gasteiger partial charge on any atom is 0.242 e. The second kappa shape index (κ2) is 5.20. The van der Waals surface area contributed by atoms with E-state index in [9.17, 15) is 8.42 Å². The third kappa shape index (κ3) is 3.06. The number of imidazole rings is 1. The van der Waals surface area contributed by atoms with Crippen LogP contribution in [-0.4, -0.2) is 18.4 Å². The molecule has 0 bridgehead atoms. The second-order valence-corrected chi connectivity index (χ2v) is 6.18. The lowest BCUT2D eigenvalue weighted by molar-refractivity contribution is 0.580. The SMILES string of the molecule is Cc1cc(Cl)c(S(=O)(=O)NCc2cnc[nH]2)cc1N. The number of hydrogen-bond donors (Lipinski definition) is 3. The van der Waals surface area contributed by atoms with Gasteiger partial charge < -0.3 is 10.7 Å². The third-order valence-corrected chi connectivity index (χ3v) is 4.48. The number of hydrogen-bond acceptors (Lipinski definition) is 4. The fraction of sp³-hybridized carbons (Fsp3) is 0.182. The standard InChI is InChI=1S/C11H13ClN4O2S/c1-7-2-9(12)11(3-10(7)13)19(17,18)16-5-8-4-14-6-15-8/h2-4,6,16H,5,13H2,1H3,(H,14,15). The minimum absolute atomic E-state index is 0.0308. The summed E-state index contributed by atoms with van der Waals surface area (Å²) < 4.78 is 26.7. The van der Waals surface area contributed by atoms with Gasteiger partial charge in [0.15, 0.2) is 0 Å². The van der Waals surface area contributed by atoms with Crippen LogP contribution in [0.15, 0.2) is 29.6 Å². The first-order chi connectivity index (χ1) is 8.90. The first-order valence-electron chi connectivity index (χ1n) is 5.42. The van der Waals surface area contributed by atoms with E-state index in [0.29, 0.717) is 11.4 Å². The number of benzene rings is 1. The Labute approximate surface area is 116 Å². The van der Waals surface area contributed by atoms with Crippen molar-refractivity contribution in [1.82, 2.24) is 14.7 Å². The van der Waals surface area contributed by atoms with E-state index in [1.165, 1.54) is 24.7 Å². The van der Waals surface area contributed by atoms with Crippen LogP contribution in [0.5, 0.6) is 0 Å². The molecule has 2 rings (SSSR count). The van der Waals surface area contributed by atoms with E-state index in [1.807, 2.05) is 0 Å². The van der Waals surface area contributed by atoms with Crippen LogP contribution in [0, 0.1) is 6.92 Å². The molecule has 6 nitrogen and oxygen atoms in total. The third-order valence-electron chi connectivity index (χ3n) is 2.62. The monoisotopic (exact) mass is 300 g/mol. The van der Waals surface area contributed by atoms with E-state index < -0.39 is 10.0 Å². The van der Waals surface area contributed by atoms with Crippen molar-refractivity contribution in [2.24, 2.45) is 0 Å². The smallest absolute Gasteiger partial charge is 0.242 e. The molecule has 0 amide bonds. The van der Waals surface area contributed by atoms with E-state index in [4.69, 9.17) is 17.3 Å². The van der Waals surface area contributed by atoms with Crippen molar-refractivity contribution in [3.05, 3.63) is 40.9 Å². The van der Waals surface area contributed by atoms with E-state index in [-0.39, 0.29) is 16.5 Å². The van der Waals surface area contributed by atoms with Gasteiger partial charge in [0.1, 0.15) is 4.90 Å². The lowest BCUT2D eigenvalue weighted by Crippen LogP contribution is -2.24. The number of nitrogens with zero attached hydrogens (tertiary/aromatic N) is 1. The van der Waals surface area contributed by atoms with Gasteiger partial charge in [0.2, 0.25) is 10.0 Å². The summed E-state index contributed by atoms with van der Waals surface area (Å²) in [6.07, 6.45) is 3.01. The van der Waals surface area contributed by atoms with Crippen LogP contribution in [-0.2, 0) is 16.6 Å². The number of anilines is 1. The van der Waals surface area contributed by atoms with Crippen molar-refractivity contribution < 1.29 is 8.42 Å². The van der Waals surface area contributed by atoms with Gasteiger partial charge in [-0.25, -0.2) is 18.1 Å². The molecule has 102 valence electrons. The highest BCUT2D eigenvalue weighted by molar-refractivity contribution is 7.89. The van der Waals surface area contributed by atoms with Crippen molar-refractivity contribution in [2.75, 3.05) is 5.73 Å². The van der Waals surface area contributed by atoms with Gasteiger partial charge in [0, 0.05) is 17.6 Å². The Morgan fingerprint density at radius 2 is 2.21 bits per heavy atom. The number of nitrogens with one attached hydrogen (secondary N) is 2. The number of rotatable bonds is 4. The van der Waals surface area contributed by atoms with E-state index in [1.54, 1.807) is 6.92 Å². The number of H-pyrrole nitrogens is 1. The molecule has 0 spiro atoms. The predicted molar refractivity (Wildman–Crippen MR) is 73.2 cm³/mol. The summed E-state index contributed by atoms with van der Waals surface area (Å²) in [6.45, 7) is 1.86. The summed E-state index contributed by atoms with van der Waals surface area (Å²) in [7, 11) is -3.72. The minimum atomic E-state index is -3.72. The Morgan fingerprint density at radius 1 is 1.47 bits per heavy atom. The Bertz CT molecular complexity index is 683. The number of halogens is 1. The summed E-state index contributed by atoms with van der Waals surface area (Å²) in [5.74, 6) is 0. The molecular formula is C11H13ClN4O2S. The number of nitrogen functional groups attached to an aromatic ring is 1. The molecule has 0 atom stereocenters. The van der Waals surface area contributed by atoms with Crippen molar-refractivity contribution in [3.8, 4) is 0 Å². The van der Waals surface area contributed by atoms with Crippen molar-refractivity contribution >= 4 is 27.3 Å². The predicted octanol–water partition coefficient (Wildman–Crippen LogP) is 1.43. The molecule has 0 aliphatic carbocycles. The molecule has 0 saturated heterocycles. The van der Waals surface area contributed by atoms with E-state index in [2.05, 4.69) is 14.7 Å². The maximum atomic E-state index is 12.1. The van der Waals surface area contributed by atoms with Crippen LogP contribution >= 0.6 is 11.6 Å². The zero-order valence-corrected chi connectivity index (χ0v) is 11.7. The average molecular weight is 301 g/mol. The Hall–Kier alpha value is -1.57. The molecular weight excluding hydrogens is 288 g/mol. The highest BCUT2D eigenvalue weighted by atomic mass is 35.5. The first kappa shape index (κ1) is 13.9. The quantitative estimate of drug-likeness (QED) is 0.744. The lowest BCUT2D eigenvalue weighted by atomic mass is 10.2. The summed E-state index contributed by atoms with van der Waals surface area (Å²) in [5.41, 5.74) is 7.48. The number of sulfonamides is 1. The van der Waals surface area contributed by atoms with Crippen molar-refractivity contribution in [3.63, 3.8) is 0 Å². The molecule has 0 fully saturated rings. The number of nitrogens with two attached hydrogens (primary N) is 1. The van der Waals surface area contributed by atoms with Crippen LogP contribution in [0.3, 0.4) is 0 Å². The lowest BCUT2D eigenvalue weighted by Gasteiger charge is -2.10. The molecule has 0 saturated carbocycles. The summed E-state index contributed by atoms with van der Waals surface area (Å²) >= 11 is 5.95. The van der Waals surface area contributed by atoms with Crippen molar-refractivity contribution in [1.29, 1.82) is 0 Å². The fourth-order valence-electron chi connectivity index (χ4n) is 1.51. The molecule has 0 aliphatic rings. The van der Waals surface area contributed by atoms with Crippen LogP contribution in [0.4, 0.5) is 5.69 Å². The molecule has 2 aromatic rings. The molecule has 0 aliphatic heterocycles. The zero-order valence-electron chi connectivity index (χ0n) is 10.1. The summed E-state index contributed by atoms with van der Waals surface area (Å²) in [4.78, 5) is 6.57. The number of aromatic amines is 1. The number of aromatic nitrogens is 2. The fourth-order valence-corrected chi connectivity index (χ4v) is 3.13. The highest BCUT2D eigenvalue weighted by Crippen LogP contribution is 2.26. The van der Waals surface area contributed by atoms with E-state index in [0.717, 1.165) is 5.56 Å². The first-order valence-corrected chi connectivity index (χ1v) is 7.29. The van der Waals surface area contributed by atoms with Gasteiger partial charge in [-0.05, 0) is 24.6 Å². The summed E-state index contributed by atoms with van der Waals surface area (Å²) in [5, 5.41) is 0.142. The van der Waals surface area contributed by atoms with Crippen LogP contribution < -0.4 is 10.5 Å². The van der Waals surface area contributed by atoms with Crippen LogP contribution in [0.1, 0.15) is 11.3 Å². The topological polar surface area (TPSA) is 101 Å². The average Bonchev–Trinajstić information content (AvgIpc) is 2.84. The van der Waals surface area contributed by atoms with Gasteiger partial charge in [-0.3, -0.25) is 0 Å². The van der Waals surface area contributed by atoms with Gasteiger partial charge >= 0.3 is 0 Å². The largest absolute Gasteiger partial charge is 0.398 e. The van der Waals surface area contributed by atoms with Gasteiger partial charge in [0.05, 0.1) is 17.9 Å². The normalized spacial score (nSPS) is 11.7. The highest BCUT2D eigenvalue weighted by Gasteiger charge is 2.19. The van der Waals surface area contributed by atoms with Gasteiger partial charge in [-0.1, -0.05) is 11.6 Å². The Morgan fingerprint density at radius 3 is 2.84 bits per heavy atom. The van der Waals surface area contributed by atoms with Gasteiger partial charge in [0.25, 0.3) is 0 Å². The summed E-state index contributed by atoms with van der Waals surface area (Å²) in [6, 6.07) is 2.88. The number of aryl methyl sites for hydroxylation is 1. The van der Waals surface area contributed by atoms with Gasteiger partial charge in [-0.2, -0.15) is 0 Å². The molecule has 19 heavy (non-hydrogen) atoms. The molecule has 4 N–H and O–H groups in total. The molecule has 1 aromatic carbocycles. The van der Waals surface area contributed by atoms with E-state index >= 15 is 0 Å². The molecule has 8 heteroatoms. The van der Waals surface area contributed by atoms with Gasteiger partial charge in [-0.15, -0.1) is 0 Å². The van der Waals surface area contributed by atoms with Crippen molar-refractivity contribution in [2.45, 2.75) is 18.4 Å².